The summed E-state index contributed by atoms with van der Waals surface area (Å²) in [7, 11) is 0. The summed E-state index contributed by atoms with van der Waals surface area (Å²) in [5, 5.41) is 42.8. The highest BCUT2D eigenvalue weighted by molar-refractivity contribution is 5.83. The van der Waals surface area contributed by atoms with Crippen molar-refractivity contribution in [3.63, 3.8) is 0 Å². The van der Waals surface area contributed by atoms with Crippen molar-refractivity contribution in [2.24, 2.45) is 0 Å². The molecular weight excluding hydrogens is 444 g/mol. The zero-order chi connectivity index (χ0) is 24.8. The molecule has 1 saturated heterocycles. The van der Waals surface area contributed by atoms with Gasteiger partial charge in [0.05, 0.1) is 16.8 Å². The van der Waals surface area contributed by atoms with Gasteiger partial charge >= 0.3 is 0 Å². The standard InChI is InChI=1S/C26H36N6O3/c1-4-27-24(34)31-9-7-26(16-31)8-10-32-22(26)13-21(30-32)19-12-18-11-17(5-6-20(18)28-14-19)23(33)29-15-25(2,3)35/h5-6,11-14,23-24,27,29,33-35H,4,7-10,15-16H2,1-3H3. The van der Waals surface area contributed by atoms with Crippen LogP contribution in [0.5, 0.6) is 0 Å². The molecule has 4 heterocycles. The van der Waals surface area contributed by atoms with Crippen LogP contribution < -0.4 is 10.6 Å². The number of rotatable bonds is 8. The van der Waals surface area contributed by atoms with Gasteiger partial charge in [-0.05, 0) is 63.1 Å². The summed E-state index contributed by atoms with van der Waals surface area (Å²) in [6.45, 7) is 8.96. The van der Waals surface area contributed by atoms with Crippen LogP contribution in [0, 0.1) is 0 Å². The second-order valence-electron chi connectivity index (χ2n) is 10.6. The fraction of sp³-hybridized carbons (Fsp3) is 0.538. The molecule has 0 amide bonds. The number of nitrogens with one attached hydrogen (secondary N) is 2. The minimum atomic E-state index is -0.910. The lowest BCUT2D eigenvalue weighted by Gasteiger charge is -2.26. The number of likely N-dealkylation sites (tertiary alicyclic amines) is 1. The van der Waals surface area contributed by atoms with Gasteiger partial charge in [0.15, 0.2) is 6.35 Å². The van der Waals surface area contributed by atoms with Crippen molar-refractivity contribution >= 4 is 10.9 Å². The maximum atomic E-state index is 10.5. The molecule has 188 valence electrons. The average Bonchev–Trinajstić information content (AvgIpc) is 3.53. The zero-order valence-corrected chi connectivity index (χ0v) is 20.7. The Hall–Kier alpha value is -2.40. The van der Waals surface area contributed by atoms with E-state index in [1.54, 1.807) is 13.8 Å². The summed E-state index contributed by atoms with van der Waals surface area (Å²) >= 11 is 0. The highest BCUT2D eigenvalue weighted by Crippen LogP contribution is 2.44. The van der Waals surface area contributed by atoms with Crippen molar-refractivity contribution in [1.82, 2.24) is 30.3 Å². The molecular formula is C26H36N6O3. The molecule has 5 rings (SSSR count). The summed E-state index contributed by atoms with van der Waals surface area (Å²) in [4.78, 5) is 6.74. The monoisotopic (exact) mass is 480 g/mol. The molecule has 1 aromatic carbocycles. The number of fused-ring (bicyclic) bond motifs is 3. The number of hydrogen-bond donors (Lipinski definition) is 5. The first-order chi connectivity index (χ1) is 16.7. The van der Waals surface area contributed by atoms with E-state index in [-0.39, 0.29) is 12.0 Å². The molecule has 1 spiro atoms. The van der Waals surface area contributed by atoms with Crippen LogP contribution in [0.25, 0.3) is 22.2 Å². The lowest BCUT2D eigenvalue weighted by atomic mass is 9.82. The second kappa shape index (κ2) is 9.24. The van der Waals surface area contributed by atoms with Gasteiger partial charge in [0.1, 0.15) is 6.23 Å². The van der Waals surface area contributed by atoms with Crippen LogP contribution in [0.15, 0.2) is 36.5 Å². The summed E-state index contributed by atoms with van der Waals surface area (Å²) in [6.07, 6.45) is 2.41. The number of aliphatic hydroxyl groups is 3. The Labute approximate surface area is 205 Å². The van der Waals surface area contributed by atoms with E-state index < -0.39 is 18.2 Å². The van der Waals surface area contributed by atoms with Gasteiger partial charge in [-0.25, -0.2) is 0 Å². The quantitative estimate of drug-likeness (QED) is 0.309. The van der Waals surface area contributed by atoms with Gasteiger partial charge in [-0.1, -0.05) is 13.0 Å². The van der Waals surface area contributed by atoms with Crippen LogP contribution in [0.1, 0.15) is 51.1 Å². The van der Waals surface area contributed by atoms with Gasteiger partial charge in [0, 0.05) is 54.4 Å². The molecule has 35 heavy (non-hydrogen) atoms. The van der Waals surface area contributed by atoms with Gasteiger partial charge in [-0.3, -0.25) is 25.2 Å². The maximum absolute atomic E-state index is 10.5. The normalized spacial score (nSPS) is 22.2. The molecule has 0 saturated carbocycles. The number of aryl methyl sites for hydroxylation is 1. The molecule has 2 aliphatic heterocycles. The van der Waals surface area contributed by atoms with Crippen molar-refractivity contribution in [3.8, 4) is 11.3 Å². The van der Waals surface area contributed by atoms with E-state index in [1.807, 2.05) is 31.3 Å². The predicted molar refractivity (Wildman–Crippen MR) is 134 cm³/mol. The molecule has 5 N–H and O–H groups in total. The SMILES string of the molecule is CCNC(O)N1CCC2(CCn3nc(-c4cnc5ccc(C(O)NCC(C)(C)O)cc5c4)cc32)C1. The largest absolute Gasteiger partial charge is 0.389 e. The molecule has 1 fully saturated rings. The van der Waals surface area contributed by atoms with Crippen molar-refractivity contribution < 1.29 is 15.3 Å². The summed E-state index contributed by atoms with van der Waals surface area (Å²) in [5.41, 5.74) is 3.75. The van der Waals surface area contributed by atoms with E-state index in [0.29, 0.717) is 0 Å². The van der Waals surface area contributed by atoms with Crippen LogP contribution in [0.2, 0.25) is 0 Å². The number of aliphatic hydroxyl groups excluding tert-OH is 2. The minimum absolute atomic E-state index is 0.0232. The lowest BCUT2D eigenvalue weighted by molar-refractivity contribution is -0.00921. The molecule has 3 aromatic rings. The summed E-state index contributed by atoms with van der Waals surface area (Å²) < 4.78 is 2.11. The fourth-order valence-corrected chi connectivity index (χ4v) is 5.37. The molecule has 0 aliphatic carbocycles. The lowest BCUT2D eigenvalue weighted by Crippen LogP contribution is -2.45. The van der Waals surface area contributed by atoms with E-state index >= 15 is 0 Å². The minimum Gasteiger partial charge on any atom is -0.389 e. The Balaban J connectivity index is 1.38. The Morgan fingerprint density at radius 2 is 1.91 bits per heavy atom. The third-order valence-corrected chi connectivity index (χ3v) is 7.29. The van der Waals surface area contributed by atoms with Crippen molar-refractivity contribution in [3.05, 3.63) is 47.8 Å². The number of nitrogens with zero attached hydrogens (tertiary/aromatic N) is 4. The van der Waals surface area contributed by atoms with E-state index in [2.05, 4.69) is 37.3 Å². The second-order valence-corrected chi connectivity index (χ2v) is 10.6. The van der Waals surface area contributed by atoms with Crippen LogP contribution in [-0.2, 0) is 12.0 Å². The van der Waals surface area contributed by atoms with Gasteiger partial charge in [-0.15, -0.1) is 0 Å². The number of pyridine rings is 1. The van der Waals surface area contributed by atoms with E-state index in [1.165, 1.54) is 5.69 Å². The van der Waals surface area contributed by atoms with Crippen molar-refractivity contribution in [1.29, 1.82) is 0 Å². The first kappa shape index (κ1) is 24.3. The number of benzene rings is 1. The van der Waals surface area contributed by atoms with Crippen LogP contribution in [0.4, 0.5) is 0 Å². The smallest absolute Gasteiger partial charge is 0.163 e. The van der Waals surface area contributed by atoms with Gasteiger partial charge in [-0.2, -0.15) is 5.10 Å². The maximum Gasteiger partial charge on any atom is 0.163 e. The fourth-order valence-electron chi connectivity index (χ4n) is 5.37. The molecule has 2 aromatic heterocycles. The van der Waals surface area contributed by atoms with Crippen LogP contribution in [-0.4, -0.2) is 73.1 Å². The summed E-state index contributed by atoms with van der Waals surface area (Å²) in [5.74, 6) is 0. The first-order valence-electron chi connectivity index (χ1n) is 12.5. The summed E-state index contributed by atoms with van der Waals surface area (Å²) in [6, 6.07) is 9.92. The molecule has 9 heteroatoms. The van der Waals surface area contributed by atoms with Crippen LogP contribution >= 0.6 is 0 Å². The first-order valence-corrected chi connectivity index (χ1v) is 12.5. The Morgan fingerprint density at radius 1 is 1.11 bits per heavy atom. The Kier molecular flexibility index (Phi) is 6.41. The third kappa shape index (κ3) is 4.84. The Morgan fingerprint density at radius 3 is 2.69 bits per heavy atom. The van der Waals surface area contributed by atoms with E-state index in [4.69, 9.17) is 5.10 Å². The predicted octanol–water partition coefficient (Wildman–Crippen LogP) is 1.68. The number of hydrogen-bond acceptors (Lipinski definition) is 8. The van der Waals surface area contributed by atoms with Crippen molar-refractivity contribution in [2.75, 3.05) is 26.2 Å². The highest BCUT2D eigenvalue weighted by atomic mass is 16.3. The van der Waals surface area contributed by atoms with E-state index in [0.717, 1.165) is 66.7 Å². The zero-order valence-electron chi connectivity index (χ0n) is 20.7. The van der Waals surface area contributed by atoms with Crippen molar-refractivity contribution in [2.45, 2.75) is 63.8 Å². The molecule has 0 radical (unpaired) electrons. The average molecular weight is 481 g/mol. The molecule has 3 atom stereocenters. The molecule has 2 aliphatic rings. The topological polar surface area (TPSA) is 119 Å². The van der Waals surface area contributed by atoms with Gasteiger partial charge in [0.2, 0.25) is 0 Å². The third-order valence-electron chi connectivity index (χ3n) is 7.29. The molecule has 0 bridgehead atoms. The Bertz CT molecular complexity index is 1210. The molecule has 9 nitrogen and oxygen atoms in total. The van der Waals surface area contributed by atoms with Crippen LogP contribution in [0.3, 0.4) is 0 Å². The van der Waals surface area contributed by atoms with Gasteiger partial charge < -0.3 is 15.3 Å². The van der Waals surface area contributed by atoms with Gasteiger partial charge in [0.25, 0.3) is 0 Å². The molecule has 3 unspecified atom stereocenters. The highest BCUT2D eigenvalue weighted by Gasteiger charge is 2.46. The number of aromatic nitrogens is 3. The van der Waals surface area contributed by atoms with E-state index in [9.17, 15) is 15.3 Å².